The predicted octanol–water partition coefficient (Wildman–Crippen LogP) is 13.9. The summed E-state index contributed by atoms with van der Waals surface area (Å²) >= 11 is 0. The highest BCUT2D eigenvalue weighted by molar-refractivity contribution is 6.13. The summed E-state index contributed by atoms with van der Waals surface area (Å²) in [5, 5.41) is 25.4. The monoisotopic (exact) mass is 742 g/mol. The fourth-order valence-electron chi connectivity index (χ4n) is 9.09. The van der Waals surface area contributed by atoms with Crippen molar-refractivity contribution in [1.82, 2.24) is 9.13 Å². The van der Waals surface area contributed by atoms with Crippen molar-refractivity contribution in [3.8, 4) is 56.9 Å². The van der Waals surface area contributed by atoms with E-state index in [0.29, 0.717) is 11.1 Å². The lowest BCUT2D eigenvalue weighted by Crippen LogP contribution is -2.05. The first-order chi connectivity index (χ1) is 28.3. The maximum absolute atomic E-state index is 10.9. The Bertz CT molecular complexity index is 3410. The van der Waals surface area contributed by atoms with Crippen molar-refractivity contribution in [3.05, 3.63) is 191 Å². The van der Waals surface area contributed by atoms with Gasteiger partial charge in [0.25, 0.3) is 0 Å². The molecular weight excluding hydrogens is 705 g/mol. The molecule has 2 heterocycles. The maximum atomic E-state index is 10.9. The molecule has 0 spiro atoms. The van der Waals surface area contributed by atoms with E-state index in [1.54, 1.807) is 6.07 Å². The van der Waals surface area contributed by atoms with E-state index < -0.39 is 0 Å². The lowest BCUT2D eigenvalue weighted by Gasteiger charge is -2.20. The molecule has 0 saturated carbocycles. The summed E-state index contributed by atoms with van der Waals surface area (Å²) in [6.45, 7) is 8.62. The first kappa shape index (κ1) is 34.8. The Labute approximate surface area is 337 Å². The Hall–Kier alpha value is -7.66. The molecule has 58 heavy (non-hydrogen) atoms. The van der Waals surface area contributed by atoms with E-state index in [1.165, 1.54) is 33.4 Å². The summed E-state index contributed by atoms with van der Waals surface area (Å²) in [6, 6.07) is 60.6. The highest BCUT2D eigenvalue weighted by Gasteiger charge is 2.23. The molecule has 2 aromatic heterocycles. The fraction of sp³-hybridized carbons (Fsp3) is 0.0741. The first-order valence-electron chi connectivity index (χ1n) is 19.6. The Morgan fingerprint density at radius 1 is 0.379 bits per heavy atom. The standard InChI is InChI=1S/C54H38N4/c1-33-16-20-42(35(3)24-33)39-18-22-46-44-12-5-7-14-49(44)57(51(46)27-39)53-29-41(32-56)48(38-11-9-10-37(26-38)31-55)30-54(53)58-50-15-8-6-13-45(50)47-23-19-40(28-52(47)58)43-21-17-34(2)25-36(43)4/h5-30H,1-4H3. The third-order valence-electron chi connectivity index (χ3n) is 11.8. The number of nitriles is 2. The second kappa shape index (κ2) is 13.5. The van der Waals surface area contributed by atoms with Gasteiger partial charge in [-0.25, -0.2) is 0 Å². The number of aromatic nitrogens is 2. The van der Waals surface area contributed by atoms with Gasteiger partial charge in [0.1, 0.15) is 0 Å². The van der Waals surface area contributed by atoms with Crippen LogP contribution in [0, 0.1) is 50.4 Å². The minimum Gasteiger partial charge on any atom is -0.307 e. The van der Waals surface area contributed by atoms with Gasteiger partial charge in [0.2, 0.25) is 0 Å². The van der Waals surface area contributed by atoms with Crippen molar-refractivity contribution >= 4 is 43.6 Å². The van der Waals surface area contributed by atoms with Crippen LogP contribution in [0.3, 0.4) is 0 Å². The molecule has 8 aromatic carbocycles. The average molecular weight is 743 g/mol. The van der Waals surface area contributed by atoms with E-state index in [4.69, 9.17) is 0 Å². The van der Waals surface area contributed by atoms with E-state index in [2.05, 4.69) is 176 Å². The van der Waals surface area contributed by atoms with Crippen LogP contribution < -0.4 is 0 Å². The highest BCUT2D eigenvalue weighted by atomic mass is 15.1. The van der Waals surface area contributed by atoms with Gasteiger partial charge in [0.05, 0.1) is 56.7 Å². The number of nitrogens with zero attached hydrogens (tertiary/aromatic N) is 4. The minimum atomic E-state index is 0.530. The second-order valence-electron chi connectivity index (χ2n) is 15.5. The van der Waals surface area contributed by atoms with Gasteiger partial charge < -0.3 is 9.13 Å². The quantitative estimate of drug-likeness (QED) is 0.176. The molecule has 0 aliphatic carbocycles. The molecule has 0 radical (unpaired) electrons. The lowest BCUT2D eigenvalue weighted by molar-refractivity contribution is 1.09. The average Bonchev–Trinajstić information content (AvgIpc) is 3.75. The second-order valence-corrected chi connectivity index (χ2v) is 15.5. The summed E-state index contributed by atoms with van der Waals surface area (Å²) in [4.78, 5) is 0. The summed E-state index contributed by atoms with van der Waals surface area (Å²) < 4.78 is 4.72. The molecule has 0 aliphatic rings. The van der Waals surface area contributed by atoms with Gasteiger partial charge in [-0.1, -0.05) is 120 Å². The van der Waals surface area contributed by atoms with Crippen LogP contribution in [0.2, 0.25) is 0 Å². The summed E-state index contributed by atoms with van der Waals surface area (Å²) in [5.74, 6) is 0. The summed E-state index contributed by atoms with van der Waals surface area (Å²) in [7, 11) is 0. The molecule has 4 nitrogen and oxygen atoms in total. The Morgan fingerprint density at radius 2 is 0.879 bits per heavy atom. The molecule has 10 aromatic rings. The molecule has 0 bridgehead atoms. The molecule has 10 rings (SSSR count). The van der Waals surface area contributed by atoms with Gasteiger partial charge in [-0.05, 0) is 115 Å². The zero-order chi connectivity index (χ0) is 39.7. The fourth-order valence-corrected chi connectivity index (χ4v) is 9.09. The highest BCUT2D eigenvalue weighted by Crippen LogP contribution is 2.43. The van der Waals surface area contributed by atoms with Gasteiger partial charge in [-0.3, -0.25) is 0 Å². The third kappa shape index (κ3) is 5.50. The van der Waals surface area contributed by atoms with Crippen LogP contribution in [-0.4, -0.2) is 9.13 Å². The number of hydrogen-bond donors (Lipinski definition) is 0. The largest absolute Gasteiger partial charge is 0.307 e. The molecule has 0 aliphatic heterocycles. The van der Waals surface area contributed by atoms with Crippen molar-refractivity contribution < 1.29 is 0 Å². The van der Waals surface area contributed by atoms with E-state index in [-0.39, 0.29) is 0 Å². The van der Waals surface area contributed by atoms with E-state index in [0.717, 1.165) is 77.2 Å². The van der Waals surface area contributed by atoms with Crippen molar-refractivity contribution in [2.45, 2.75) is 27.7 Å². The predicted molar refractivity (Wildman–Crippen MR) is 240 cm³/mol. The first-order valence-corrected chi connectivity index (χ1v) is 19.6. The number of fused-ring (bicyclic) bond motifs is 6. The van der Waals surface area contributed by atoms with Gasteiger partial charge in [0, 0.05) is 27.1 Å². The number of rotatable bonds is 5. The lowest BCUT2D eigenvalue weighted by atomic mass is 9.96. The van der Waals surface area contributed by atoms with Gasteiger partial charge in [-0.15, -0.1) is 0 Å². The normalized spacial score (nSPS) is 11.4. The number of benzene rings is 8. The Kier molecular flexibility index (Phi) is 8.11. The zero-order valence-electron chi connectivity index (χ0n) is 32.8. The molecule has 274 valence electrons. The molecular formula is C54H38N4. The SMILES string of the molecule is Cc1ccc(-c2ccc3c4ccccc4n(-c4cc(C#N)c(-c5cccc(C#N)c5)cc4-n4c5ccccc5c5ccc(-c6ccc(C)cc6C)cc54)c3c2)c(C)c1. The Morgan fingerprint density at radius 3 is 1.40 bits per heavy atom. The van der Waals surface area contributed by atoms with Gasteiger partial charge >= 0.3 is 0 Å². The van der Waals surface area contributed by atoms with Crippen molar-refractivity contribution in [3.63, 3.8) is 0 Å². The molecule has 0 atom stereocenters. The van der Waals surface area contributed by atoms with Crippen LogP contribution in [0.1, 0.15) is 33.4 Å². The summed E-state index contributed by atoms with van der Waals surface area (Å²) in [6.07, 6.45) is 0. The molecule has 0 N–H and O–H groups in total. The minimum absolute atomic E-state index is 0.530. The van der Waals surface area contributed by atoms with Crippen LogP contribution >= 0.6 is 0 Å². The number of para-hydroxylation sites is 2. The van der Waals surface area contributed by atoms with Crippen molar-refractivity contribution in [2.24, 2.45) is 0 Å². The Balaban J connectivity index is 1.36. The van der Waals surface area contributed by atoms with E-state index >= 15 is 0 Å². The van der Waals surface area contributed by atoms with Crippen LogP contribution in [0.5, 0.6) is 0 Å². The van der Waals surface area contributed by atoms with Crippen LogP contribution in [-0.2, 0) is 0 Å². The topological polar surface area (TPSA) is 57.4 Å². The van der Waals surface area contributed by atoms with Crippen molar-refractivity contribution in [2.75, 3.05) is 0 Å². The molecule has 0 unspecified atom stereocenters. The van der Waals surface area contributed by atoms with Crippen LogP contribution in [0.4, 0.5) is 0 Å². The molecule has 0 saturated heterocycles. The molecule has 0 amide bonds. The zero-order valence-corrected chi connectivity index (χ0v) is 32.8. The van der Waals surface area contributed by atoms with Crippen LogP contribution in [0.15, 0.2) is 158 Å². The smallest absolute Gasteiger partial charge is 0.0998 e. The number of aryl methyl sites for hydroxylation is 4. The maximum Gasteiger partial charge on any atom is 0.0998 e. The van der Waals surface area contributed by atoms with Crippen LogP contribution in [0.25, 0.3) is 88.4 Å². The van der Waals surface area contributed by atoms with E-state index in [9.17, 15) is 10.5 Å². The van der Waals surface area contributed by atoms with E-state index in [1.807, 2.05) is 24.3 Å². The summed E-state index contributed by atoms with van der Waals surface area (Å²) in [5.41, 5.74) is 18.3. The molecule has 0 fully saturated rings. The van der Waals surface area contributed by atoms with Gasteiger partial charge in [0.15, 0.2) is 0 Å². The van der Waals surface area contributed by atoms with Crippen molar-refractivity contribution in [1.29, 1.82) is 10.5 Å². The third-order valence-corrected chi connectivity index (χ3v) is 11.8. The number of hydrogen-bond acceptors (Lipinski definition) is 2. The molecule has 4 heteroatoms. The van der Waals surface area contributed by atoms with Gasteiger partial charge in [-0.2, -0.15) is 10.5 Å².